The van der Waals surface area contributed by atoms with Gasteiger partial charge in [-0.3, -0.25) is 10.1 Å². The normalized spacial score (nSPS) is 13.1. The van der Waals surface area contributed by atoms with E-state index in [1.54, 1.807) is 18.2 Å². The van der Waals surface area contributed by atoms with Crippen molar-refractivity contribution >= 4 is 16.7 Å². The third kappa shape index (κ3) is 3.25. The molecule has 2 aromatic carbocycles. The van der Waals surface area contributed by atoms with Gasteiger partial charge in [0.2, 0.25) is 0 Å². The molecule has 130 valence electrons. The maximum absolute atomic E-state index is 11.4. The predicted molar refractivity (Wildman–Crippen MR) is 97.3 cm³/mol. The summed E-state index contributed by atoms with van der Waals surface area (Å²) in [5.74, 6) is 0.497. The van der Waals surface area contributed by atoms with Crippen LogP contribution in [0.5, 0.6) is 0 Å². The Morgan fingerprint density at radius 2 is 1.80 bits per heavy atom. The van der Waals surface area contributed by atoms with Crippen LogP contribution in [-0.2, 0) is 6.54 Å². The van der Waals surface area contributed by atoms with Gasteiger partial charge >= 0.3 is 0 Å². The molecule has 0 saturated heterocycles. The monoisotopic (exact) mass is 339 g/mol. The fourth-order valence-corrected chi connectivity index (χ4v) is 2.73. The summed E-state index contributed by atoms with van der Waals surface area (Å²) in [6.45, 7) is 6.19. The molecular weight excluding hydrogens is 318 g/mol. The van der Waals surface area contributed by atoms with Gasteiger partial charge in [0.05, 0.1) is 34.2 Å². The molecule has 25 heavy (non-hydrogen) atoms. The van der Waals surface area contributed by atoms with Gasteiger partial charge in [0.25, 0.3) is 5.69 Å². The first kappa shape index (κ1) is 17.1. The van der Waals surface area contributed by atoms with E-state index in [9.17, 15) is 15.2 Å². The number of rotatable bonds is 4. The SMILES string of the molecule is CC(C)(C)C(O)Cn1c(-c2ccccc2[N+](=O)[O-])nc2ccccc21. The number of aliphatic hydroxyl groups excluding tert-OH is 1. The number of nitrogens with zero attached hydrogens (tertiary/aromatic N) is 3. The molecule has 1 heterocycles. The number of fused-ring (bicyclic) bond motifs is 1. The standard InChI is InChI=1S/C19H21N3O3/c1-19(2,3)17(23)12-21-16-11-7-5-9-14(16)20-18(21)13-8-4-6-10-15(13)22(24)25/h4-11,17,23H,12H2,1-3H3. The summed E-state index contributed by atoms with van der Waals surface area (Å²) in [6, 6.07) is 14.1. The number of imidazole rings is 1. The Labute approximate surface area is 145 Å². The number of aliphatic hydroxyl groups is 1. The van der Waals surface area contributed by atoms with Crippen LogP contribution in [0.25, 0.3) is 22.4 Å². The van der Waals surface area contributed by atoms with Crippen molar-refractivity contribution in [1.29, 1.82) is 0 Å². The number of hydrogen-bond donors (Lipinski definition) is 1. The highest BCUT2D eigenvalue weighted by molar-refractivity contribution is 5.82. The molecule has 0 bridgehead atoms. The largest absolute Gasteiger partial charge is 0.391 e. The molecule has 0 saturated carbocycles. The number of aromatic nitrogens is 2. The summed E-state index contributed by atoms with van der Waals surface area (Å²) >= 11 is 0. The molecular formula is C19H21N3O3. The summed E-state index contributed by atoms with van der Waals surface area (Å²) in [5, 5.41) is 22.0. The number of benzene rings is 2. The van der Waals surface area contributed by atoms with E-state index >= 15 is 0 Å². The van der Waals surface area contributed by atoms with Crippen LogP contribution in [-0.4, -0.2) is 25.7 Å². The quantitative estimate of drug-likeness (QED) is 0.575. The van der Waals surface area contributed by atoms with Crippen molar-refractivity contribution in [2.75, 3.05) is 0 Å². The van der Waals surface area contributed by atoms with Gasteiger partial charge in [-0.2, -0.15) is 0 Å². The second kappa shape index (κ2) is 6.29. The smallest absolute Gasteiger partial charge is 0.280 e. The topological polar surface area (TPSA) is 81.2 Å². The molecule has 0 amide bonds. The third-order valence-corrected chi connectivity index (χ3v) is 4.35. The van der Waals surface area contributed by atoms with Crippen molar-refractivity contribution in [2.45, 2.75) is 33.4 Å². The fourth-order valence-electron chi connectivity index (χ4n) is 2.73. The van der Waals surface area contributed by atoms with Crippen LogP contribution in [0.2, 0.25) is 0 Å². The van der Waals surface area contributed by atoms with Gasteiger partial charge in [-0.15, -0.1) is 0 Å². The van der Waals surface area contributed by atoms with Crippen molar-refractivity contribution in [2.24, 2.45) is 5.41 Å². The Kier molecular flexibility index (Phi) is 4.30. The maximum Gasteiger partial charge on any atom is 0.280 e. The average molecular weight is 339 g/mol. The summed E-state index contributed by atoms with van der Waals surface area (Å²) in [5.41, 5.74) is 1.73. The summed E-state index contributed by atoms with van der Waals surface area (Å²) in [7, 11) is 0. The lowest BCUT2D eigenvalue weighted by Gasteiger charge is -2.27. The number of para-hydroxylation sites is 3. The Morgan fingerprint density at radius 3 is 2.48 bits per heavy atom. The van der Waals surface area contributed by atoms with Crippen LogP contribution in [0.4, 0.5) is 5.69 Å². The van der Waals surface area contributed by atoms with Gasteiger partial charge in [-0.1, -0.05) is 45.0 Å². The van der Waals surface area contributed by atoms with Gasteiger partial charge in [0.1, 0.15) is 5.82 Å². The molecule has 1 N–H and O–H groups in total. The Bertz CT molecular complexity index is 925. The lowest BCUT2D eigenvalue weighted by atomic mass is 9.89. The summed E-state index contributed by atoms with van der Waals surface area (Å²) < 4.78 is 1.87. The fraction of sp³-hybridized carbons (Fsp3) is 0.316. The van der Waals surface area contributed by atoms with Crippen LogP contribution < -0.4 is 0 Å². The summed E-state index contributed by atoms with van der Waals surface area (Å²) in [6.07, 6.45) is -0.619. The van der Waals surface area contributed by atoms with Crippen molar-refractivity contribution in [1.82, 2.24) is 9.55 Å². The number of nitro groups is 1. The number of hydrogen-bond acceptors (Lipinski definition) is 4. The highest BCUT2D eigenvalue weighted by atomic mass is 16.6. The lowest BCUT2D eigenvalue weighted by molar-refractivity contribution is -0.384. The summed E-state index contributed by atoms with van der Waals surface area (Å²) in [4.78, 5) is 15.6. The van der Waals surface area contributed by atoms with Crippen LogP contribution >= 0.6 is 0 Å². The average Bonchev–Trinajstić information content (AvgIpc) is 2.92. The maximum atomic E-state index is 11.4. The first-order chi connectivity index (χ1) is 11.8. The molecule has 3 aromatic rings. The van der Waals surface area contributed by atoms with E-state index < -0.39 is 11.0 Å². The molecule has 0 aliphatic heterocycles. The molecule has 1 unspecified atom stereocenters. The molecule has 0 aliphatic carbocycles. The Balaban J connectivity index is 2.22. The zero-order valence-electron chi connectivity index (χ0n) is 14.5. The van der Waals surface area contributed by atoms with Crippen LogP contribution in [0.1, 0.15) is 20.8 Å². The second-order valence-electron chi connectivity index (χ2n) is 7.19. The second-order valence-corrected chi connectivity index (χ2v) is 7.19. The van der Waals surface area contributed by atoms with E-state index in [0.29, 0.717) is 17.9 Å². The third-order valence-electron chi connectivity index (χ3n) is 4.35. The van der Waals surface area contributed by atoms with Crippen molar-refractivity contribution < 1.29 is 10.0 Å². The molecule has 0 fully saturated rings. The molecule has 0 spiro atoms. The minimum Gasteiger partial charge on any atom is -0.391 e. The molecule has 0 radical (unpaired) electrons. The molecule has 6 nitrogen and oxygen atoms in total. The minimum absolute atomic E-state index is 0.00399. The van der Waals surface area contributed by atoms with Crippen LogP contribution in [0.15, 0.2) is 48.5 Å². The van der Waals surface area contributed by atoms with Gasteiger partial charge in [-0.05, 0) is 23.6 Å². The zero-order chi connectivity index (χ0) is 18.2. The van der Waals surface area contributed by atoms with Crippen molar-refractivity contribution in [3.8, 4) is 11.4 Å². The van der Waals surface area contributed by atoms with Crippen LogP contribution in [0.3, 0.4) is 0 Å². The zero-order valence-corrected chi connectivity index (χ0v) is 14.5. The molecule has 0 aliphatic rings. The van der Waals surface area contributed by atoms with E-state index in [4.69, 9.17) is 0 Å². The van der Waals surface area contributed by atoms with Gasteiger partial charge in [-0.25, -0.2) is 4.98 Å². The first-order valence-corrected chi connectivity index (χ1v) is 8.16. The van der Waals surface area contributed by atoms with E-state index in [0.717, 1.165) is 11.0 Å². The van der Waals surface area contributed by atoms with Crippen molar-refractivity contribution in [3.63, 3.8) is 0 Å². The van der Waals surface area contributed by atoms with E-state index in [-0.39, 0.29) is 11.1 Å². The molecule has 1 atom stereocenters. The van der Waals surface area contributed by atoms with Crippen molar-refractivity contribution in [3.05, 3.63) is 58.6 Å². The van der Waals surface area contributed by atoms with Gasteiger partial charge < -0.3 is 9.67 Å². The first-order valence-electron chi connectivity index (χ1n) is 8.16. The molecule has 6 heteroatoms. The van der Waals surface area contributed by atoms with E-state index in [1.807, 2.05) is 49.6 Å². The van der Waals surface area contributed by atoms with Gasteiger partial charge in [0, 0.05) is 6.07 Å². The van der Waals surface area contributed by atoms with E-state index in [2.05, 4.69) is 4.98 Å². The van der Waals surface area contributed by atoms with E-state index in [1.165, 1.54) is 6.07 Å². The highest BCUT2D eigenvalue weighted by Crippen LogP contribution is 2.33. The highest BCUT2D eigenvalue weighted by Gasteiger charge is 2.26. The molecule has 3 rings (SSSR count). The lowest BCUT2D eigenvalue weighted by Crippen LogP contribution is -2.30. The Hall–Kier alpha value is -2.73. The molecule has 1 aromatic heterocycles. The van der Waals surface area contributed by atoms with Crippen LogP contribution in [0, 0.1) is 15.5 Å². The minimum atomic E-state index is -0.619. The Morgan fingerprint density at radius 1 is 1.16 bits per heavy atom. The number of nitro benzene ring substituents is 1. The van der Waals surface area contributed by atoms with Gasteiger partial charge in [0.15, 0.2) is 0 Å². The predicted octanol–water partition coefficient (Wildman–Crippen LogP) is 4.02.